The van der Waals surface area contributed by atoms with Gasteiger partial charge in [-0.1, -0.05) is 18.5 Å². The Labute approximate surface area is 182 Å². The fourth-order valence-electron chi connectivity index (χ4n) is 3.78. The number of nitrogens with one attached hydrogen (secondary N) is 3. The molecule has 1 unspecified atom stereocenters. The predicted molar refractivity (Wildman–Crippen MR) is 117 cm³/mol. The van der Waals surface area contributed by atoms with Crippen molar-refractivity contribution in [2.45, 2.75) is 38.8 Å². The Hall–Kier alpha value is -2.77. The van der Waals surface area contributed by atoms with Crippen LogP contribution in [0.15, 0.2) is 38.3 Å². The number of rotatable bonds is 6. The molecule has 3 N–H and O–H groups in total. The fraction of sp³-hybridized carbons (Fsp3) is 0.286. The molecule has 2 heterocycles. The Morgan fingerprint density at radius 1 is 1.07 bits per heavy atom. The van der Waals surface area contributed by atoms with Gasteiger partial charge >= 0.3 is 0 Å². The number of carbonyl (C=O) groups excluding carboxylic acids is 1. The molecule has 0 saturated heterocycles. The first-order valence-electron chi connectivity index (χ1n) is 9.41. The van der Waals surface area contributed by atoms with Crippen LogP contribution < -0.4 is 26.8 Å². The summed E-state index contributed by atoms with van der Waals surface area (Å²) in [6, 6.07) is 6.25. The van der Waals surface area contributed by atoms with Gasteiger partial charge in [-0.15, -0.1) is 0 Å². The average molecular weight is 448 g/mol. The Morgan fingerprint density at radius 2 is 1.77 bits per heavy atom. The maximum absolute atomic E-state index is 12.6. The Bertz CT molecular complexity index is 1240. The van der Waals surface area contributed by atoms with Crippen LogP contribution in [0.4, 0.5) is 17.1 Å². The van der Waals surface area contributed by atoms with Crippen LogP contribution in [0.3, 0.4) is 0 Å². The molecule has 4 rings (SSSR count). The molecule has 0 spiro atoms. The van der Waals surface area contributed by atoms with E-state index in [2.05, 4.69) is 16.0 Å². The summed E-state index contributed by atoms with van der Waals surface area (Å²) in [4.78, 5) is 37.1. The van der Waals surface area contributed by atoms with Crippen LogP contribution in [0, 0.1) is 0 Å². The molecule has 1 atom stereocenters. The van der Waals surface area contributed by atoms with Crippen molar-refractivity contribution in [2.75, 3.05) is 10.6 Å². The minimum absolute atomic E-state index is 0.0955. The van der Waals surface area contributed by atoms with E-state index in [0.29, 0.717) is 34.0 Å². The zero-order chi connectivity index (χ0) is 21.8. The lowest BCUT2D eigenvalue weighted by Crippen LogP contribution is -2.37. The highest BCUT2D eigenvalue weighted by molar-refractivity contribution is 6.32. The van der Waals surface area contributed by atoms with Crippen molar-refractivity contribution in [1.82, 2.24) is 5.32 Å². The van der Waals surface area contributed by atoms with Crippen molar-refractivity contribution in [3.8, 4) is 0 Å². The predicted octanol–water partition coefficient (Wildman–Crippen LogP) is 4.47. The van der Waals surface area contributed by atoms with Crippen LogP contribution in [0.5, 0.6) is 0 Å². The Morgan fingerprint density at radius 3 is 2.40 bits per heavy atom. The van der Waals surface area contributed by atoms with Crippen molar-refractivity contribution in [3.63, 3.8) is 0 Å². The van der Waals surface area contributed by atoms with E-state index in [-0.39, 0.29) is 28.5 Å². The summed E-state index contributed by atoms with van der Waals surface area (Å²) in [5, 5.41) is 9.57. The quantitative estimate of drug-likeness (QED) is 0.482. The van der Waals surface area contributed by atoms with Gasteiger partial charge in [0.15, 0.2) is 5.22 Å². The third-order valence-corrected chi connectivity index (χ3v) is 5.78. The second-order valence-corrected chi connectivity index (χ2v) is 8.48. The lowest BCUT2D eigenvalue weighted by Gasteiger charge is -2.22. The van der Waals surface area contributed by atoms with Gasteiger partial charge in [0.05, 0.1) is 22.8 Å². The van der Waals surface area contributed by atoms with E-state index < -0.39 is 16.4 Å². The van der Waals surface area contributed by atoms with E-state index in [1.54, 1.807) is 24.3 Å². The Balaban J connectivity index is 1.70. The number of benzene rings is 1. The molecule has 9 heteroatoms. The molecule has 1 amide bonds. The molecular weight excluding hydrogens is 429 g/mol. The van der Waals surface area contributed by atoms with Gasteiger partial charge in [-0.3, -0.25) is 14.4 Å². The molecule has 0 bridgehead atoms. The van der Waals surface area contributed by atoms with Crippen LogP contribution in [0.25, 0.3) is 0 Å². The van der Waals surface area contributed by atoms with Crippen molar-refractivity contribution < 1.29 is 9.21 Å². The lowest BCUT2D eigenvalue weighted by atomic mass is 9.93. The van der Waals surface area contributed by atoms with Crippen molar-refractivity contribution in [2.24, 2.45) is 0 Å². The Kier molecular flexibility index (Phi) is 4.91. The summed E-state index contributed by atoms with van der Waals surface area (Å²) in [5.41, 5.74) is -0.307. The van der Waals surface area contributed by atoms with E-state index in [1.165, 1.54) is 0 Å². The molecule has 0 fully saturated rings. The van der Waals surface area contributed by atoms with Gasteiger partial charge in [0.1, 0.15) is 17.1 Å². The molecule has 0 saturated carbocycles. The largest absolute Gasteiger partial charge is 0.448 e. The lowest BCUT2D eigenvalue weighted by molar-refractivity contribution is 0.0941. The van der Waals surface area contributed by atoms with Gasteiger partial charge in [-0.2, -0.15) is 0 Å². The highest BCUT2D eigenvalue weighted by Crippen LogP contribution is 2.41. The topological polar surface area (TPSA) is 100 Å². The highest BCUT2D eigenvalue weighted by Gasteiger charge is 2.39. The first-order chi connectivity index (χ1) is 14.1. The summed E-state index contributed by atoms with van der Waals surface area (Å²) in [6.45, 7) is 5.60. The van der Waals surface area contributed by atoms with Crippen molar-refractivity contribution >= 4 is 46.2 Å². The summed E-state index contributed by atoms with van der Waals surface area (Å²) in [7, 11) is 0. The zero-order valence-corrected chi connectivity index (χ0v) is 18.0. The summed E-state index contributed by atoms with van der Waals surface area (Å²) in [6.07, 6.45) is 0.592. The maximum Gasteiger partial charge on any atom is 0.254 e. The molecular formula is C21H19Cl2N3O4. The average Bonchev–Trinajstić information content (AvgIpc) is 3.23. The van der Waals surface area contributed by atoms with Gasteiger partial charge in [0, 0.05) is 10.6 Å². The molecule has 3 aromatic rings. The molecule has 1 aliphatic heterocycles. The second kappa shape index (κ2) is 7.18. The molecule has 1 aliphatic rings. The number of fused-ring (bicyclic) bond motifs is 1. The van der Waals surface area contributed by atoms with Gasteiger partial charge in [0.2, 0.25) is 0 Å². The molecule has 1 aromatic heterocycles. The van der Waals surface area contributed by atoms with E-state index >= 15 is 0 Å². The number of hydrogen-bond acceptors (Lipinski definition) is 6. The van der Waals surface area contributed by atoms with Crippen molar-refractivity contribution in [1.29, 1.82) is 0 Å². The summed E-state index contributed by atoms with van der Waals surface area (Å²) in [5.74, 6) is 0.250. The van der Waals surface area contributed by atoms with E-state index in [1.807, 2.05) is 20.8 Å². The maximum atomic E-state index is 12.6. The molecule has 156 valence electrons. The zero-order valence-electron chi connectivity index (χ0n) is 16.5. The number of anilines is 3. The third kappa shape index (κ3) is 3.18. The van der Waals surface area contributed by atoms with Crippen LogP contribution in [0.1, 0.15) is 54.9 Å². The fourth-order valence-corrected chi connectivity index (χ4v) is 4.33. The van der Waals surface area contributed by atoms with Crippen molar-refractivity contribution in [3.05, 3.63) is 71.8 Å². The van der Waals surface area contributed by atoms with E-state index in [4.69, 9.17) is 27.6 Å². The number of carbonyl (C=O) groups is 1. The minimum Gasteiger partial charge on any atom is -0.448 e. The van der Waals surface area contributed by atoms with Gasteiger partial charge in [0.25, 0.3) is 16.8 Å². The normalized spacial score (nSPS) is 15.7. The molecule has 0 radical (unpaired) electrons. The van der Waals surface area contributed by atoms with E-state index in [9.17, 15) is 14.4 Å². The summed E-state index contributed by atoms with van der Waals surface area (Å²) >= 11 is 12.2. The number of hydrogen-bond donors (Lipinski definition) is 3. The highest BCUT2D eigenvalue weighted by atomic mass is 35.5. The monoisotopic (exact) mass is 447 g/mol. The minimum atomic E-state index is -0.661. The summed E-state index contributed by atoms with van der Waals surface area (Å²) < 4.78 is 5.43. The van der Waals surface area contributed by atoms with Crippen LogP contribution in [-0.4, -0.2) is 5.91 Å². The first-order valence-corrected chi connectivity index (χ1v) is 10.2. The van der Waals surface area contributed by atoms with Gasteiger partial charge in [-0.25, -0.2) is 0 Å². The molecule has 7 nitrogen and oxygen atoms in total. The molecule has 0 aliphatic carbocycles. The third-order valence-electron chi connectivity index (χ3n) is 5.27. The van der Waals surface area contributed by atoms with Crippen LogP contribution in [0.2, 0.25) is 10.2 Å². The number of furan rings is 1. The standard InChI is InChI=1S/C21H19Cl2N3O4/c1-4-10(12-7-8-13(23)30-12)24-16-17(19(28)18(16)27)25-11-6-5-9(22)15-14(11)20(29)26-21(15,2)3/h5-8,10,24-25H,4H2,1-3H3,(H,26,29). The molecule has 2 aromatic carbocycles. The van der Waals surface area contributed by atoms with E-state index in [0.717, 1.165) is 0 Å². The molecule has 30 heavy (non-hydrogen) atoms. The van der Waals surface area contributed by atoms with Gasteiger partial charge in [-0.05, 0) is 56.1 Å². The SMILES string of the molecule is CCC(Nc1c(Nc2ccc(Cl)c3c2C(=O)NC3(C)C)c(=O)c1=O)c1ccc(Cl)o1. The second-order valence-electron chi connectivity index (χ2n) is 7.70. The van der Waals surface area contributed by atoms with Gasteiger partial charge < -0.3 is 20.4 Å². The van der Waals surface area contributed by atoms with Crippen LogP contribution in [-0.2, 0) is 5.54 Å². The number of halogens is 2. The number of amides is 1. The first kappa shape index (κ1) is 20.5. The smallest absolute Gasteiger partial charge is 0.254 e. The van der Waals surface area contributed by atoms with Crippen LogP contribution >= 0.6 is 23.2 Å².